The molecule has 0 spiro atoms. The first kappa shape index (κ1) is 11.8. The fraction of sp³-hybridized carbons (Fsp3) is 0.500. The molecule has 2 nitrogen and oxygen atoms in total. The van der Waals surface area contributed by atoms with Crippen LogP contribution in [0.1, 0.15) is 37.7 Å². The number of benzene rings is 1. The average Bonchev–Trinajstić information content (AvgIpc) is 2.40. The number of aliphatic hydroxyl groups excluding tert-OH is 1. The Balaban J connectivity index is 1.78. The lowest BCUT2D eigenvalue weighted by atomic mass is 9.87. The summed E-state index contributed by atoms with van der Waals surface area (Å²) >= 11 is 0. The normalized spacial score (nSPS) is 24.1. The van der Waals surface area contributed by atoms with Gasteiger partial charge in [0.1, 0.15) is 0 Å². The first-order chi connectivity index (χ1) is 8.83. The molecule has 2 heteroatoms. The SMILES string of the molecule is OC1CCC2=C(CCCN2Cc2ccccc2)C1. The molecule has 0 amide bonds. The molecule has 0 radical (unpaired) electrons. The number of aliphatic hydroxyl groups is 1. The van der Waals surface area contributed by atoms with Gasteiger partial charge >= 0.3 is 0 Å². The van der Waals surface area contributed by atoms with E-state index in [1.807, 2.05) is 0 Å². The molecule has 0 aromatic heterocycles. The van der Waals surface area contributed by atoms with E-state index in [2.05, 4.69) is 35.2 Å². The van der Waals surface area contributed by atoms with Gasteiger partial charge in [0.05, 0.1) is 6.10 Å². The summed E-state index contributed by atoms with van der Waals surface area (Å²) in [6.07, 6.45) is 5.23. The van der Waals surface area contributed by atoms with Crippen molar-refractivity contribution < 1.29 is 5.11 Å². The van der Waals surface area contributed by atoms with Crippen molar-refractivity contribution in [2.24, 2.45) is 0 Å². The fourth-order valence-corrected chi connectivity index (χ4v) is 3.21. The molecule has 0 bridgehead atoms. The molecule has 1 aromatic carbocycles. The molecule has 2 aliphatic rings. The molecule has 18 heavy (non-hydrogen) atoms. The van der Waals surface area contributed by atoms with Crippen molar-refractivity contribution in [3.8, 4) is 0 Å². The van der Waals surface area contributed by atoms with E-state index in [1.54, 1.807) is 0 Å². The second-order valence-corrected chi connectivity index (χ2v) is 5.46. The van der Waals surface area contributed by atoms with Crippen LogP contribution in [-0.2, 0) is 6.54 Å². The van der Waals surface area contributed by atoms with E-state index < -0.39 is 0 Å². The number of hydrogen-bond acceptors (Lipinski definition) is 2. The van der Waals surface area contributed by atoms with Crippen LogP contribution in [0.25, 0.3) is 0 Å². The molecule has 1 aliphatic heterocycles. The van der Waals surface area contributed by atoms with Crippen LogP contribution in [0.4, 0.5) is 0 Å². The van der Waals surface area contributed by atoms with Crippen LogP contribution in [0.15, 0.2) is 41.6 Å². The zero-order valence-corrected chi connectivity index (χ0v) is 10.8. The minimum Gasteiger partial charge on any atom is -0.393 e. The van der Waals surface area contributed by atoms with Crippen LogP contribution in [-0.4, -0.2) is 22.7 Å². The first-order valence-electron chi connectivity index (χ1n) is 7.01. The maximum absolute atomic E-state index is 9.77. The molecule has 0 saturated carbocycles. The minimum atomic E-state index is -0.0968. The lowest BCUT2D eigenvalue weighted by Gasteiger charge is -2.37. The monoisotopic (exact) mass is 243 g/mol. The summed E-state index contributed by atoms with van der Waals surface area (Å²) in [5.74, 6) is 0. The Morgan fingerprint density at radius 1 is 1.17 bits per heavy atom. The molecule has 1 aliphatic carbocycles. The topological polar surface area (TPSA) is 23.5 Å². The van der Waals surface area contributed by atoms with Gasteiger partial charge < -0.3 is 10.0 Å². The standard InChI is InChI=1S/C16H21NO/c18-15-8-9-16-14(11-15)7-4-10-17(16)12-13-5-2-1-3-6-13/h1-3,5-6,15,18H,4,7-12H2. The van der Waals surface area contributed by atoms with Gasteiger partial charge in [0, 0.05) is 18.8 Å². The van der Waals surface area contributed by atoms with Crippen molar-refractivity contribution >= 4 is 0 Å². The molecule has 1 aromatic rings. The summed E-state index contributed by atoms with van der Waals surface area (Å²) in [6.45, 7) is 2.19. The predicted molar refractivity (Wildman–Crippen MR) is 73.0 cm³/mol. The number of nitrogens with zero attached hydrogens (tertiary/aromatic N) is 1. The van der Waals surface area contributed by atoms with Crippen molar-refractivity contribution in [3.63, 3.8) is 0 Å². The van der Waals surface area contributed by atoms with Gasteiger partial charge in [-0.1, -0.05) is 30.3 Å². The summed E-state index contributed by atoms with van der Waals surface area (Å²) in [4.78, 5) is 2.53. The molecule has 0 fully saturated rings. The van der Waals surface area contributed by atoms with Gasteiger partial charge in [0.15, 0.2) is 0 Å². The summed E-state index contributed by atoms with van der Waals surface area (Å²) in [7, 11) is 0. The molecule has 96 valence electrons. The average molecular weight is 243 g/mol. The third-order valence-electron chi connectivity index (χ3n) is 4.11. The van der Waals surface area contributed by atoms with Crippen LogP contribution in [0, 0.1) is 0 Å². The van der Waals surface area contributed by atoms with Crippen LogP contribution >= 0.6 is 0 Å². The highest BCUT2D eigenvalue weighted by Crippen LogP contribution is 2.34. The Morgan fingerprint density at radius 2 is 2.00 bits per heavy atom. The molecule has 1 N–H and O–H groups in total. The van der Waals surface area contributed by atoms with E-state index in [0.29, 0.717) is 0 Å². The second-order valence-electron chi connectivity index (χ2n) is 5.46. The zero-order chi connectivity index (χ0) is 12.4. The molecule has 1 unspecified atom stereocenters. The number of rotatable bonds is 2. The fourth-order valence-electron chi connectivity index (χ4n) is 3.21. The van der Waals surface area contributed by atoms with Gasteiger partial charge in [-0.3, -0.25) is 0 Å². The summed E-state index contributed by atoms with van der Waals surface area (Å²) in [6, 6.07) is 10.7. The molecule has 3 rings (SSSR count). The Morgan fingerprint density at radius 3 is 2.83 bits per heavy atom. The Hall–Kier alpha value is -1.28. The first-order valence-corrected chi connectivity index (χ1v) is 7.01. The van der Waals surface area contributed by atoms with Gasteiger partial charge in [-0.2, -0.15) is 0 Å². The maximum atomic E-state index is 9.77. The van der Waals surface area contributed by atoms with Gasteiger partial charge in [-0.15, -0.1) is 0 Å². The minimum absolute atomic E-state index is 0.0968. The van der Waals surface area contributed by atoms with E-state index in [1.165, 1.54) is 36.2 Å². The van der Waals surface area contributed by atoms with E-state index in [9.17, 15) is 5.11 Å². The van der Waals surface area contributed by atoms with Gasteiger partial charge in [-0.05, 0) is 43.2 Å². The van der Waals surface area contributed by atoms with Gasteiger partial charge in [0.2, 0.25) is 0 Å². The third kappa shape index (κ3) is 2.44. The molecule has 1 atom stereocenters. The summed E-state index contributed by atoms with van der Waals surface area (Å²) in [5.41, 5.74) is 4.42. The highest BCUT2D eigenvalue weighted by atomic mass is 16.3. The highest BCUT2D eigenvalue weighted by molar-refractivity contribution is 5.22. The van der Waals surface area contributed by atoms with Crippen LogP contribution in [0.2, 0.25) is 0 Å². The lowest BCUT2D eigenvalue weighted by Crippen LogP contribution is -2.32. The number of allylic oxidation sites excluding steroid dienone is 1. The predicted octanol–water partition coefficient (Wildman–Crippen LogP) is 3.08. The number of hydrogen-bond donors (Lipinski definition) is 1. The van der Waals surface area contributed by atoms with Crippen molar-refractivity contribution in [3.05, 3.63) is 47.2 Å². The zero-order valence-electron chi connectivity index (χ0n) is 10.8. The smallest absolute Gasteiger partial charge is 0.0581 e. The lowest BCUT2D eigenvalue weighted by molar-refractivity contribution is 0.141. The second kappa shape index (κ2) is 5.15. The van der Waals surface area contributed by atoms with E-state index >= 15 is 0 Å². The van der Waals surface area contributed by atoms with Crippen LogP contribution in [0.5, 0.6) is 0 Å². The summed E-state index contributed by atoms with van der Waals surface area (Å²) in [5, 5.41) is 9.77. The van der Waals surface area contributed by atoms with Crippen molar-refractivity contribution in [1.82, 2.24) is 4.90 Å². The Kier molecular flexibility index (Phi) is 3.37. The molecule has 1 heterocycles. The largest absolute Gasteiger partial charge is 0.393 e. The maximum Gasteiger partial charge on any atom is 0.0581 e. The van der Waals surface area contributed by atoms with Crippen molar-refractivity contribution in [2.75, 3.05) is 6.54 Å². The molecular weight excluding hydrogens is 222 g/mol. The molecule has 0 saturated heterocycles. The Bertz CT molecular complexity index is 438. The molecular formula is C16H21NO. The summed E-state index contributed by atoms with van der Waals surface area (Å²) < 4.78 is 0. The van der Waals surface area contributed by atoms with E-state index in [4.69, 9.17) is 0 Å². The van der Waals surface area contributed by atoms with E-state index in [0.717, 1.165) is 25.8 Å². The van der Waals surface area contributed by atoms with Crippen molar-refractivity contribution in [2.45, 2.75) is 44.8 Å². The van der Waals surface area contributed by atoms with E-state index in [-0.39, 0.29) is 6.10 Å². The third-order valence-corrected chi connectivity index (χ3v) is 4.11. The van der Waals surface area contributed by atoms with Gasteiger partial charge in [-0.25, -0.2) is 0 Å². The Labute approximate surface area is 109 Å². The quantitative estimate of drug-likeness (QED) is 0.863. The highest BCUT2D eigenvalue weighted by Gasteiger charge is 2.25. The van der Waals surface area contributed by atoms with Gasteiger partial charge in [0.25, 0.3) is 0 Å². The van der Waals surface area contributed by atoms with Crippen molar-refractivity contribution in [1.29, 1.82) is 0 Å². The van der Waals surface area contributed by atoms with Crippen LogP contribution in [0.3, 0.4) is 0 Å². The van der Waals surface area contributed by atoms with Crippen LogP contribution < -0.4 is 0 Å².